The van der Waals surface area contributed by atoms with Crippen molar-refractivity contribution in [2.45, 2.75) is 12.8 Å². The maximum absolute atomic E-state index is 12.5. The van der Waals surface area contributed by atoms with Crippen molar-refractivity contribution in [3.05, 3.63) is 20.8 Å². The van der Waals surface area contributed by atoms with Crippen molar-refractivity contribution in [1.29, 1.82) is 0 Å². The summed E-state index contributed by atoms with van der Waals surface area (Å²) in [6.45, 7) is 3.61. The van der Waals surface area contributed by atoms with E-state index in [-0.39, 0.29) is 30.2 Å². The highest BCUT2D eigenvalue weighted by Gasteiger charge is 2.30. The average molecular weight is 444 g/mol. The molecule has 142 valence electrons. The fraction of sp³-hybridized carbons (Fsp3) is 0.588. The zero-order valence-electron chi connectivity index (χ0n) is 14.4. The maximum atomic E-state index is 12.5. The predicted molar refractivity (Wildman–Crippen MR) is 101 cm³/mol. The summed E-state index contributed by atoms with van der Waals surface area (Å²) in [4.78, 5) is 41.0. The van der Waals surface area contributed by atoms with Gasteiger partial charge in [-0.2, -0.15) is 0 Å². The minimum Gasteiger partial charge on any atom is -0.378 e. The van der Waals surface area contributed by atoms with Crippen LogP contribution < -0.4 is 5.32 Å². The third kappa shape index (κ3) is 4.83. The molecule has 0 radical (unpaired) electrons. The van der Waals surface area contributed by atoms with E-state index >= 15 is 0 Å². The van der Waals surface area contributed by atoms with Crippen LogP contribution in [0.1, 0.15) is 22.5 Å². The van der Waals surface area contributed by atoms with Crippen molar-refractivity contribution in [3.8, 4) is 0 Å². The van der Waals surface area contributed by atoms with Gasteiger partial charge < -0.3 is 19.9 Å². The van der Waals surface area contributed by atoms with Gasteiger partial charge >= 0.3 is 0 Å². The molecule has 0 aliphatic carbocycles. The molecule has 0 saturated carbocycles. The number of nitrogens with one attached hydrogen (secondary N) is 1. The van der Waals surface area contributed by atoms with Gasteiger partial charge in [0.15, 0.2) is 0 Å². The fourth-order valence-corrected chi connectivity index (χ4v) is 4.51. The number of hydrogen-bond donors (Lipinski definition) is 1. The van der Waals surface area contributed by atoms with Crippen LogP contribution in [0.4, 0.5) is 0 Å². The van der Waals surface area contributed by atoms with Crippen LogP contribution in [0.3, 0.4) is 0 Å². The number of amides is 3. The van der Waals surface area contributed by atoms with E-state index in [2.05, 4.69) is 21.2 Å². The Labute approximate surface area is 164 Å². The molecule has 3 rings (SSSR count). The van der Waals surface area contributed by atoms with E-state index in [1.807, 2.05) is 4.90 Å². The number of ether oxygens (including phenoxy) is 1. The van der Waals surface area contributed by atoms with Gasteiger partial charge in [0.25, 0.3) is 5.91 Å². The van der Waals surface area contributed by atoms with E-state index in [4.69, 9.17) is 4.74 Å². The molecule has 2 fully saturated rings. The summed E-state index contributed by atoms with van der Waals surface area (Å²) in [6.07, 6.45) is 1.35. The molecule has 3 heterocycles. The first-order chi connectivity index (χ1) is 12.5. The standard InChI is InChI=1S/C17H22BrN3O4S/c18-14-2-1-13(26-14)16(23)19-11-15(22)20-5-3-12(4-6-20)17(24)21-7-9-25-10-8-21/h1-2,12H,3-11H2,(H,19,23). The van der Waals surface area contributed by atoms with Crippen LogP contribution in [0.5, 0.6) is 0 Å². The van der Waals surface area contributed by atoms with Crippen LogP contribution in [-0.4, -0.2) is 73.5 Å². The van der Waals surface area contributed by atoms with Gasteiger partial charge in [-0.1, -0.05) is 0 Å². The Hall–Kier alpha value is -1.45. The highest BCUT2D eigenvalue weighted by Crippen LogP contribution is 2.22. The van der Waals surface area contributed by atoms with Crippen molar-refractivity contribution in [2.24, 2.45) is 5.92 Å². The predicted octanol–water partition coefficient (Wildman–Crippen LogP) is 1.34. The lowest BCUT2D eigenvalue weighted by Crippen LogP contribution is -2.49. The summed E-state index contributed by atoms with van der Waals surface area (Å²) in [6, 6.07) is 3.52. The van der Waals surface area contributed by atoms with Crippen molar-refractivity contribution in [1.82, 2.24) is 15.1 Å². The number of carbonyl (C=O) groups excluding carboxylic acids is 3. The van der Waals surface area contributed by atoms with Crippen molar-refractivity contribution < 1.29 is 19.1 Å². The molecule has 0 unspecified atom stereocenters. The Morgan fingerprint density at radius 3 is 2.42 bits per heavy atom. The molecule has 0 aromatic carbocycles. The number of thiophene rings is 1. The number of carbonyl (C=O) groups is 3. The zero-order chi connectivity index (χ0) is 18.5. The Bertz CT molecular complexity index is 667. The number of likely N-dealkylation sites (tertiary alicyclic amines) is 1. The molecule has 7 nitrogen and oxygen atoms in total. The van der Waals surface area contributed by atoms with E-state index in [9.17, 15) is 14.4 Å². The lowest BCUT2D eigenvalue weighted by molar-refractivity contribution is -0.143. The number of morpholine rings is 1. The van der Waals surface area contributed by atoms with E-state index in [1.54, 1.807) is 17.0 Å². The second-order valence-electron chi connectivity index (χ2n) is 6.38. The highest BCUT2D eigenvalue weighted by molar-refractivity contribution is 9.11. The zero-order valence-corrected chi connectivity index (χ0v) is 16.8. The van der Waals surface area contributed by atoms with Crippen molar-refractivity contribution >= 4 is 45.0 Å². The van der Waals surface area contributed by atoms with Gasteiger partial charge in [0.2, 0.25) is 11.8 Å². The average Bonchev–Trinajstić information content (AvgIpc) is 3.12. The van der Waals surface area contributed by atoms with Gasteiger partial charge in [0.1, 0.15) is 0 Å². The molecule has 0 atom stereocenters. The monoisotopic (exact) mass is 443 g/mol. The van der Waals surface area contributed by atoms with Gasteiger partial charge in [-0.15, -0.1) is 11.3 Å². The van der Waals surface area contributed by atoms with E-state index in [0.717, 1.165) is 3.79 Å². The first kappa shape index (κ1) is 19.3. The second-order valence-corrected chi connectivity index (χ2v) is 8.84. The minimum absolute atomic E-state index is 0.0174. The van der Waals surface area contributed by atoms with Crippen LogP contribution in [0.2, 0.25) is 0 Å². The number of halogens is 1. The van der Waals surface area contributed by atoms with Gasteiger partial charge in [-0.05, 0) is 40.9 Å². The third-order valence-corrected chi connectivity index (χ3v) is 6.34. The van der Waals surface area contributed by atoms with E-state index in [0.29, 0.717) is 57.1 Å². The molecule has 1 aromatic heterocycles. The Morgan fingerprint density at radius 2 is 1.81 bits per heavy atom. The van der Waals surface area contributed by atoms with Crippen molar-refractivity contribution in [2.75, 3.05) is 45.9 Å². The minimum atomic E-state index is -0.244. The summed E-state index contributed by atoms with van der Waals surface area (Å²) in [5.41, 5.74) is 0. The van der Waals surface area contributed by atoms with Crippen LogP contribution in [0.15, 0.2) is 15.9 Å². The summed E-state index contributed by atoms with van der Waals surface area (Å²) in [7, 11) is 0. The molecular formula is C17H22BrN3O4S. The lowest BCUT2D eigenvalue weighted by atomic mass is 9.95. The molecule has 3 amide bonds. The summed E-state index contributed by atoms with van der Waals surface area (Å²) in [5, 5.41) is 2.67. The molecule has 1 aromatic rings. The first-order valence-electron chi connectivity index (χ1n) is 8.72. The molecule has 2 aliphatic rings. The van der Waals surface area contributed by atoms with Gasteiger partial charge in [-0.3, -0.25) is 14.4 Å². The fourth-order valence-electron chi connectivity index (χ4n) is 3.21. The van der Waals surface area contributed by atoms with Crippen LogP contribution in [0, 0.1) is 5.92 Å². The number of hydrogen-bond acceptors (Lipinski definition) is 5. The lowest BCUT2D eigenvalue weighted by Gasteiger charge is -2.35. The van der Waals surface area contributed by atoms with Gasteiger partial charge in [-0.25, -0.2) is 0 Å². The van der Waals surface area contributed by atoms with Crippen LogP contribution in [-0.2, 0) is 14.3 Å². The molecule has 9 heteroatoms. The number of nitrogens with zero attached hydrogens (tertiary/aromatic N) is 2. The molecule has 0 bridgehead atoms. The van der Waals surface area contributed by atoms with E-state index in [1.165, 1.54) is 11.3 Å². The van der Waals surface area contributed by atoms with Crippen LogP contribution in [0.25, 0.3) is 0 Å². The second kappa shape index (κ2) is 8.96. The Balaban J connectivity index is 1.41. The van der Waals surface area contributed by atoms with E-state index < -0.39 is 0 Å². The molecule has 2 saturated heterocycles. The maximum Gasteiger partial charge on any atom is 0.261 e. The first-order valence-corrected chi connectivity index (χ1v) is 10.3. The summed E-state index contributed by atoms with van der Waals surface area (Å²) >= 11 is 4.64. The third-order valence-electron chi connectivity index (χ3n) is 4.72. The molecule has 0 spiro atoms. The Kier molecular flexibility index (Phi) is 6.66. The normalized spacial score (nSPS) is 18.7. The molecular weight excluding hydrogens is 422 g/mol. The number of rotatable bonds is 4. The quantitative estimate of drug-likeness (QED) is 0.761. The SMILES string of the molecule is O=C(NCC(=O)N1CCC(C(=O)N2CCOCC2)CC1)c1ccc(Br)s1. The summed E-state index contributed by atoms with van der Waals surface area (Å²) < 4.78 is 6.16. The molecule has 2 aliphatic heterocycles. The molecule has 1 N–H and O–H groups in total. The topological polar surface area (TPSA) is 79.0 Å². The highest BCUT2D eigenvalue weighted by atomic mass is 79.9. The van der Waals surface area contributed by atoms with Gasteiger partial charge in [0.05, 0.1) is 28.4 Å². The smallest absolute Gasteiger partial charge is 0.261 e. The van der Waals surface area contributed by atoms with Crippen molar-refractivity contribution in [3.63, 3.8) is 0 Å². The van der Waals surface area contributed by atoms with Gasteiger partial charge in [0, 0.05) is 32.1 Å². The summed E-state index contributed by atoms with van der Waals surface area (Å²) in [5.74, 6) is -0.190. The Morgan fingerprint density at radius 1 is 1.12 bits per heavy atom. The number of piperidine rings is 1. The van der Waals surface area contributed by atoms with Crippen LogP contribution >= 0.6 is 27.3 Å². The largest absolute Gasteiger partial charge is 0.378 e. The molecule has 26 heavy (non-hydrogen) atoms.